The molecule has 1 N–H and O–H groups in total. The van der Waals surface area contributed by atoms with Gasteiger partial charge in [-0.3, -0.25) is 9.69 Å². The van der Waals surface area contributed by atoms with E-state index >= 15 is 0 Å². The summed E-state index contributed by atoms with van der Waals surface area (Å²) in [5.74, 6) is 1.60. The number of aliphatic carboxylic acids is 1. The van der Waals surface area contributed by atoms with Crippen LogP contribution < -0.4 is 5.56 Å². The van der Waals surface area contributed by atoms with Crippen molar-refractivity contribution in [2.75, 3.05) is 13.2 Å². The molecule has 3 heterocycles. The van der Waals surface area contributed by atoms with Gasteiger partial charge in [0.25, 0.3) is 5.56 Å². The molecule has 0 amide bonds. The molecule has 210 valence electrons. The lowest BCUT2D eigenvalue weighted by Crippen LogP contribution is -2.55. The van der Waals surface area contributed by atoms with Crippen LogP contribution in [-0.4, -0.2) is 56.5 Å². The fourth-order valence-electron chi connectivity index (χ4n) is 8.63. The van der Waals surface area contributed by atoms with E-state index in [0.29, 0.717) is 23.2 Å². The highest BCUT2D eigenvalue weighted by Gasteiger charge is 2.54. The first kappa shape index (κ1) is 26.5. The summed E-state index contributed by atoms with van der Waals surface area (Å²) in [5.41, 5.74) is 2.48. The van der Waals surface area contributed by atoms with Crippen LogP contribution in [0.2, 0.25) is 0 Å². The first-order chi connectivity index (χ1) is 18.7. The molecular weight excluding hydrogens is 492 g/mol. The Balaban J connectivity index is 1.24. The third-order valence-corrected chi connectivity index (χ3v) is 10.8. The SMILES string of the molecule is C/C(=N\OCC(=O)O)c1nc2ccccc2n(C2CC3CCCC(C2)N3CCC2CCC3CC2C3(C)C)c1=O. The summed E-state index contributed by atoms with van der Waals surface area (Å²) in [7, 11) is 0. The molecule has 5 aliphatic rings. The van der Waals surface area contributed by atoms with Gasteiger partial charge in [-0.1, -0.05) is 37.6 Å². The van der Waals surface area contributed by atoms with E-state index in [1.165, 1.54) is 51.5 Å². The lowest BCUT2D eigenvalue weighted by atomic mass is 9.45. The molecule has 4 bridgehead atoms. The van der Waals surface area contributed by atoms with Crippen molar-refractivity contribution in [2.45, 2.75) is 96.7 Å². The first-order valence-corrected chi connectivity index (χ1v) is 14.9. The summed E-state index contributed by atoms with van der Waals surface area (Å²) in [6, 6.07) is 8.91. The molecule has 2 aromatic rings. The number of aromatic nitrogens is 2. The molecule has 3 aliphatic carbocycles. The quantitative estimate of drug-likeness (QED) is 0.367. The number of fused-ring (bicyclic) bond motifs is 5. The summed E-state index contributed by atoms with van der Waals surface area (Å²) in [6.45, 7) is 7.27. The maximum absolute atomic E-state index is 13.9. The molecule has 3 saturated carbocycles. The second-order valence-electron chi connectivity index (χ2n) is 13.1. The number of hydrogen-bond donors (Lipinski definition) is 1. The van der Waals surface area contributed by atoms with E-state index in [9.17, 15) is 9.59 Å². The second-order valence-corrected chi connectivity index (χ2v) is 13.1. The predicted octanol–water partition coefficient (Wildman–Crippen LogP) is 5.24. The third kappa shape index (κ3) is 4.79. The Kier molecular flexibility index (Phi) is 7.02. The van der Waals surface area contributed by atoms with Crippen molar-refractivity contribution in [1.82, 2.24) is 14.5 Å². The van der Waals surface area contributed by atoms with Gasteiger partial charge in [0.2, 0.25) is 6.61 Å². The van der Waals surface area contributed by atoms with Crippen molar-refractivity contribution < 1.29 is 14.7 Å². The highest BCUT2D eigenvalue weighted by molar-refractivity contribution is 5.97. The van der Waals surface area contributed by atoms with Gasteiger partial charge in [0, 0.05) is 18.1 Å². The Morgan fingerprint density at radius 3 is 2.54 bits per heavy atom. The summed E-state index contributed by atoms with van der Waals surface area (Å²) < 4.78 is 1.95. The number of hydrogen-bond acceptors (Lipinski definition) is 6. The van der Waals surface area contributed by atoms with Gasteiger partial charge in [0.15, 0.2) is 5.69 Å². The van der Waals surface area contributed by atoms with Crippen LogP contribution in [0.25, 0.3) is 11.0 Å². The Morgan fingerprint density at radius 2 is 1.85 bits per heavy atom. The number of rotatable bonds is 8. The topological polar surface area (TPSA) is 97.0 Å². The highest BCUT2D eigenvalue weighted by Crippen LogP contribution is 2.62. The van der Waals surface area contributed by atoms with Crippen molar-refractivity contribution in [2.24, 2.45) is 28.3 Å². The molecule has 5 fully saturated rings. The maximum atomic E-state index is 13.9. The molecule has 1 aromatic carbocycles. The van der Waals surface area contributed by atoms with E-state index in [4.69, 9.17) is 9.94 Å². The molecular formula is C31H42N4O4. The van der Waals surface area contributed by atoms with Crippen molar-refractivity contribution in [1.29, 1.82) is 0 Å². The van der Waals surface area contributed by atoms with Gasteiger partial charge in [-0.25, -0.2) is 9.78 Å². The maximum Gasteiger partial charge on any atom is 0.344 e. The van der Waals surface area contributed by atoms with E-state index in [-0.39, 0.29) is 17.3 Å². The normalized spacial score (nSPS) is 32.0. The second kappa shape index (κ2) is 10.3. The van der Waals surface area contributed by atoms with Crippen LogP contribution in [0, 0.1) is 23.2 Å². The van der Waals surface area contributed by atoms with Crippen molar-refractivity contribution in [3.05, 3.63) is 40.3 Å². The number of piperidine rings is 2. The van der Waals surface area contributed by atoms with E-state index in [2.05, 4.69) is 28.9 Å². The molecule has 1 aromatic heterocycles. The fourth-order valence-corrected chi connectivity index (χ4v) is 8.63. The monoisotopic (exact) mass is 534 g/mol. The predicted molar refractivity (Wildman–Crippen MR) is 151 cm³/mol. The summed E-state index contributed by atoms with van der Waals surface area (Å²) in [4.78, 5) is 37.1. The number of carboxylic acids is 1. The van der Waals surface area contributed by atoms with E-state index in [0.717, 1.165) is 41.6 Å². The molecule has 2 saturated heterocycles. The minimum atomic E-state index is -1.11. The zero-order valence-corrected chi connectivity index (χ0v) is 23.5. The largest absolute Gasteiger partial charge is 0.479 e. The van der Waals surface area contributed by atoms with Gasteiger partial charge < -0.3 is 14.5 Å². The highest BCUT2D eigenvalue weighted by atomic mass is 16.6. The van der Waals surface area contributed by atoms with Crippen molar-refractivity contribution in [3.8, 4) is 0 Å². The zero-order valence-electron chi connectivity index (χ0n) is 23.5. The summed E-state index contributed by atoms with van der Waals surface area (Å²) >= 11 is 0. The molecule has 39 heavy (non-hydrogen) atoms. The van der Waals surface area contributed by atoms with Gasteiger partial charge in [-0.05, 0) is 100 Å². The number of oxime groups is 1. The van der Waals surface area contributed by atoms with Crippen LogP contribution in [0.5, 0.6) is 0 Å². The zero-order chi connectivity index (χ0) is 27.3. The Morgan fingerprint density at radius 1 is 1.10 bits per heavy atom. The minimum Gasteiger partial charge on any atom is -0.479 e. The number of para-hydroxylation sites is 2. The van der Waals surface area contributed by atoms with Gasteiger partial charge in [-0.15, -0.1) is 0 Å². The van der Waals surface area contributed by atoms with Crippen LogP contribution in [0.3, 0.4) is 0 Å². The lowest BCUT2D eigenvalue weighted by Gasteiger charge is -2.60. The summed E-state index contributed by atoms with van der Waals surface area (Å²) in [6.07, 6.45) is 11.2. The van der Waals surface area contributed by atoms with Crippen LogP contribution in [0.15, 0.2) is 34.2 Å². The average Bonchev–Trinajstić information content (AvgIpc) is 2.91. The van der Waals surface area contributed by atoms with E-state index < -0.39 is 12.6 Å². The van der Waals surface area contributed by atoms with Crippen molar-refractivity contribution in [3.63, 3.8) is 0 Å². The van der Waals surface area contributed by atoms with Gasteiger partial charge >= 0.3 is 5.97 Å². The smallest absolute Gasteiger partial charge is 0.344 e. The molecule has 8 heteroatoms. The van der Waals surface area contributed by atoms with Gasteiger partial charge in [0.1, 0.15) is 5.71 Å². The Hall–Kier alpha value is -2.74. The molecule has 8 nitrogen and oxygen atoms in total. The van der Waals surface area contributed by atoms with E-state index in [1.807, 2.05) is 28.8 Å². The molecule has 2 aliphatic heterocycles. The van der Waals surface area contributed by atoms with Gasteiger partial charge in [0.05, 0.1) is 11.0 Å². The number of carboxylic acid groups (broad SMARTS) is 1. The first-order valence-electron chi connectivity index (χ1n) is 14.9. The number of nitrogens with zero attached hydrogens (tertiary/aromatic N) is 4. The minimum absolute atomic E-state index is 0.101. The Bertz CT molecular complexity index is 1320. The number of carbonyl (C=O) groups is 1. The molecule has 0 radical (unpaired) electrons. The number of benzene rings is 1. The molecule has 5 unspecified atom stereocenters. The van der Waals surface area contributed by atoms with Crippen LogP contribution >= 0.6 is 0 Å². The van der Waals surface area contributed by atoms with Crippen LogP contribution in [0.4, 0.5) is 0 Å². The third-order valence-electron chi connectivity index (χ3n) is 10.8. The average molecular weight is 535 g/mol. The fraction of sp³-hybridized carbons (Fsp3) is 0.677. The summed E-state index contributed by atoms with van der Waals surface area (Å²) in [5, 5.41) is 12.8. The standard InChI is InChI=1S/C31H42N4O4/c1-19(33-39-18-28(36)37)29-30(38)35(27-10-5-4-9-26(27)32-29)24-16-22-7-6-8-23(17-24)34(22)14-13-20-11-12-21-15-25(20)31(21,2)3/h4-5,9-10,20-25H,6-8,11-18H2,1-3H3,(H,36,37)/b33-19+. The van der Waals surface area contributed by atoms with Crippen LogP contribution in [-0.2, 0) is 9.63 Å². The molecule has 0 spiro atoms. The van der Waals surface area contributed by atoms with Crippen LogP contribution in [0.1, 0.15) is 90.3 Å². The Labute approximate surface area is 230 Å². The lowest BCUT2D eigenvalue weighted by molar-refractivity contribution is -0.142. The molecule has 5 atom stereocenters. The van der Waals surface area contributed by atoms with Crippen molar-refractivity contribution >= 4 is 22.7 Å². The molecule has 7 rings (SSSR count). The van der Waals surface area contributed by atoms with E-state index in [1.54, 1.807) is 6.92 Å². The van der Waals surface area contributed by atoms with Gasteiger partial charge in [-0.2, -0.15) is 0 Å².